The van der Waals surface area contributed by atoms with E-state index in [0.717, 1.165) is 32.1 Å². The maximum absolute atomic E-state index is 11.4. The highest BCUT2D eigenvalue weighted by Crippen LogP contribution is 2.43. The van der Waals surface area contributed by atoms with Gasteiger partial charge in [-0.2, -0.15) is 4.99 Å². The first kappa shape index (κ1) is 16.7. The van der Waals surface area contributed by atoms with Crippen LogP contribution in [0, 0.1) is 17.0 Å². The maximum atomic E-state index is 11.4. The minimum absolute atomic E-state index is 0.0220. The van der Waals surface area contributed by atoms with Gasteiger partial charge in [0, 0.05) is 0 Å². The van der Waals surface area contributed by atoms with Gasteiger partial charge < -0.3 is 11.5 Å². The number of hydrogen-bond acceptors (Lipinski definition) is 7. The molecule has 128 valence electrons. The lowest BCUT2D eigenvalue weighted by Gasteiger charge is -2.46. The smallest absolute Gasteiger partial charge is 0.288 e. The van der Waals surface area contributed by atoms with Gasteiger partial charge in [0.05, 0.1) is 20.6 Å². The third-order valence-electron chi connectivity index (χ3n) is 4.63. The second-order valence-corrected chi connectivity index (χ2v) is 6.97. The summed E-state index contributed by atoms with van der Waals surface area (Å²) in [4.78, 5) is 21.5. The van der Waals surface area contributed by atoms with Crippen LogP contribution in [-0.4, -0.2) is 22.5 Å². The maximum Gasteiger partial charge on any atom is 0.288 e. The van der Waals surface area contributed by atoms with Crippen LogP contribution in [0.25, 0.3) is 0 Å². The van der Waals surface area contributed by atoms with Gasteiger partial charge in [-0.05, 0) is 60.7 Å². The van der Waals surface area contributed by atoms with Crippen molar-refractivity contribution in [2.75, 3.05) is 4.90 Å². The fraction of sp³-hybridized carbons (Fsp3) is 0.467. The first-order valence-electron chi connectivity index (χ1n) is 7.79. The van der Waals surface area contributed by atoms with Crippen LogP contribution < -0.4 is 16.4 Å². The van der Waals surface area contributed by atoms with E-state index in [4.69, 9.17) is 11.5 Å². The predicted molar refractivity (Wildman–Crippen MR) is 97.1 cm³/mol. The van der Waals surface area contributed by atoms with Crippen LogP contribution >= 0.6 is 15.9 Å². The molecule has 24 heavy (non-hydrogen) atoms. The molecular formula is C15H19BrN6O2. The van der Waals surface area contributed by atoms with Gasteiger partial charge in [0.1, 0.15) is 5.66 Å². The lowest BCUT2D eigenvalue weighted by atomic mass is 9.87. The van der Waals surface area contributed by atoms with E-state index in [1.807, 2.05) is 11.0 Å². The van der Waals surface area contributed by atoms with Crippen LogP contribution in [-0.2, 0) is 0 Å². The molecule has 2 aliphatic rings. The standard InChI is InChI=1S/C15H19BrN6O2/c1-9-11(6-5-10(16)12(9)22(23)24)21-14(18)19-13(17)20-15(21)7-3-2-4-8-15/h5-6H,2-4,7-8H2,1H3,(H4,17,18,19,20). The van der Waals surface area contributed by atoms with Gasteiger partial charge in [-0.15, -0.1) is 0 Å². The van der Waals surface area contributed by atoms with Crippen LogP contribution in [0.2, 0.25) is 0 Å². The number of halogens is 1. The first-order valence-corrected chi connectivity index (χ1v) is 8.58. The summed E-state index contributed by atoms with van der Waals surface area (Å²) in [6.45, 7) is 1.71. The summed E-state index contributed by atoms with van der Waals surface area (Å²) in [5.74, 6) is 0.388. The van der Waals surface area contributed by atoms with Gasteiger partial charge in [-0.3, -0.25) is 15.0 Å². The number of rotatable bonds is 2. The quantitative estimate of drug-likeness (QED) is 0.589. The van der Waals surface area contributed by atoms with E-state index in [9.17, 15) is 10.1 Å². The SMILES string of the molecule is Cc1c(N2C(N)=NC(N)=NC23CCCCC3)ccc(Br)c1[N+](=O)[O-]. The molecular weight excluding hydrogens is 376 g/mol. The third-order valence-corrected chi connectivity index (χ3v) is 5.27. The number of nitro benzene ring substituents is 1. The highest BCUT2D eigenvalue weighted by molar-refractivity contribution is 9.10. The van der Waals surface area contributed by atoms with E-state index >= 15 is 0 Å². The molecule has 3 rings (SSSR count). The summed E-state index contributed by atoms with van der Waals surface area (Å²) in [6.07, 6.45) is 4.69. The molecule has 1 aromatic rings. The zero-order valence-electron chi connectivity index (χ0n) is 13.3. The average molecular weight is 395 g/mol. The molecule has 0 bridgehead atoms. The third kappa shape index (κ3) is 2.62. The molecule has 4 N–H and O–H groups in total. The van der Waals surface area contributed by atoms with Crippen LogP contribution in [0.1, 0.15) is 37.7 Å². The fourth-order valence-electron chi connectivity index (χ4n) is 3.59. The van der Waals surface area contributed by atoms with Gasteiger partial charge in [0.25, 0.3) is 5.69 Å². The van der Waals surface area contributed by atoms with Crippen LogP contribution in [0.3, 0.4) is 0 Å². The van der Waals surface area contributed by atoms with Crippen molar-refractivity contribution in [3.8, 4) is 0 Å². The number of hydrogen-bond donors (Lipinski definition) is 2. The monoisotopic (exact) mass is 394 g/mol. The Kier molecular flexibility index (Phi) is 4.20. The normalized spacial score (nSPS) is 19.8. The molecule has 9 heteroatoms. The molecule has 8 nitrogen and oxygen atoms in total. The number of aliphatic imine (C=N–C) groups is 2. The number of guanidine groups is 2. The molecule has 1 aliphatic heterocycles. The van der Waals surface area contributed by atoms with Crippen molar-refractivity contribution in [1.29, 1.82) is 0 Å². The van der Waals surface area contributed by atoms with Crippen molar-refractivity contribution in [3.63, 3.8) is 0 Å². The van der Waals surface area contributed by atoms with E-state index in [2.05, 4.69) is 25.9 Å². The number of anilines is 1. The Balaban J connectivity index is 2.18. The van der Waals surface area contributed by atoms with E-state index in [1.54, 1.807) is 13.0 Å². The van der Waals surface area contributed by atoms with Gasteiger partial charge in [-0.1, -0.05) is 6.42 Å². The molecule has 1 aliphatic carbocycles. The number of nitrogens with two attached hydrogens (primary N) is 2. The Bertz CT molecular complexity index is 755. The van der Waals surface area contributed by atoms with Crippen LogP contribution in [0.5, 0.6) is 0 Å². The first-order chi connectivity index (χ1) is 11.4. The van der Waals surface area contributed by atoms with Crippen molar-refractivity contribution in [2.24, 2.45) is 21.5 Å². The Morgan fingerprint density at radius 1 is 1.29 bits per heavy atom. The van der Waals surface area contributed by atoms with Gasteiger partial charge >= 0.3 is 0 Å². The molecule has 1 aromatic carbocycles. The van der Waals surface area contributed by atoms with E-state index in [1.165, 1.54) is 0 Å². The van der Waals surface area contributed by atoms with Crippen molar-refractivity contribution in [1.82, 2.24) is 0 Å². The summed E-state index contributed by atoms with van der Waals surface area (Å²) in [6, 6.07) is 3.47. The van der Waals surface area contributed by atoms with Crippen molar-refractivity contribution in [3.05, 3.63) is 32.3 Å². The second kappa shape index (κ2) is 6.04. The van der Waals surface area contributed by atoms with Crippen molar-refractivity contribution >= 4 is 39.2 Å². The Hall–Kier alpha value is -2.16. The largest absolute Gasteiger partial charge is 0.369 e. The summed E-state index contributed by atoms with van der Waals surface area (Å²) < 4.78 is 0.432. The molecule has 1 spiro atoms. The van der Waals surface area contributed by atoms with Gasteiger partial charge in [0.15, 0.2) is 0 Å². The lowest BCUT2D eigenvalue weighted by molar-refractivity contribution is -0.386. The topological polar surface area (TPSA) is 123 Å². The van der Waals surface area contributed by atoms with Gasteiger partial charge in [-0.25, -0.2) is 4.99 Å². The minimum Gasteiger partial charge on any atom is -0.369 e. The minimum atomic E-state index is -0.610. The molecule has 1 saturated carbocycles. The summed E-state index contributed by atoms with van der Waals surface area (Å²) in [5.41, 5.74) is 12.6. The van der Waals surface area contributed by atoms with Crippen LogP contribution in [0.15, 0.2) is 26.6 Å². The number of benzene rings is 1. The van der Waals surface area contributed by atoms with Crippen molar-refractivity contribution < 1.29 is 4.92 Å². The second-order valence-electron chi connectivity index (χ2n) is 6.12. The molecule has 1 heterocycles. The van der Waals surface area contributed by atoms with E-state index < -0.39 is 10.6 Å². The molecule has 1 fully saturated rings. The molecule has 0 atom stereocenters. The molecule has 0 saturated heterocycles. The summed E-state index contributed by atoms with van der Waals surface area (Å²) >= 11 is 3.25. The van der Waals surface area contributed by atoms with E-state index in [0.29, 0.717) is 15.7 Å². The lowest BCUT2D eigenvalue weighted by Crippen LogP contribution is -2.58. The Labute approximate surface area is 147 Å². The predicted octanol–water partition coefficient (Wildman–Crippen LogP) is 2.78. The molecule has 0 amide bonds. The van der Waals surface area contributed by atoms with Crippen molar-refractivity contribution in [2.45, 2.75) is 44.7 Å². The average Bonchev–Trinajstić information content (AvgIpc) is 2.49. The van der Waals surface area contributed by atoms with E-state index in [-0.39, 0.29) is 17.6 Å². The number of nitro groups is 1. The highest BCUT2D eigenvalue weighted by atomic mass is 79.9. The summed E-state index contributed by atoms with van der Waals surface area (Å²) in [5, 5.41) is 11.4. The highest BCUT2D eigenvalue weighted by Gasteiger charge is 2.43. The molecule has 0 radical (unpaired) electrons. The Morgan fingerprint density at radius 3 is 2.58 bits per heavy atom. The summed E-state index contributed by atoms with van der Waals surface area (Å²) in [7, 11) is 0. The Morgan fingerprint density at radius 2 is 1.96 bits per heavy atom. The van der Waals surface area contributed by atoms with Gasteiger partial charge in [0.2, 0.25) is 11.9 Å². The number of nitrogens with zero attached hydrogens (tertiary/aromatic N) is 4. The molecule has 0 aromatic heterocycles. The zero-order chi connectivity index (χ0) is 17.5. The van der Waals surface area contributed by atoms with Crippen LogP contribution in [0.4, 0.5) is 11.4 Å². The zero-order valence-corrected chi connectivity index (χ0v) is 14.9. The fourth-order valence-corrected chi connectivity index (χ4v) is 4.17. The molecule has 0 unspecified atom stereocenters.